The van der Waals surface area contributed by atoms with E-state index >= 15 is 0 Å². The number of hydrogen-bond donors (Lipinski definition) is 1. The van der Waals surface area contributed by atoms with Crippen molar-refractivity contribution in [2.75, 3.05) is 13.2 Å². The minimum absolute atomic E-state index is 0.00251. The summed E-state index contributed by atoms with van der Waals surface area (Å²) in [6, 6.07) is 15.9. The summed E-state index contributed by atoms with van der Waals surface area (Å²) in [7, 11) is 0. The average molecular weight is 463 g/mol. The van der Waals surface area contributed by atoms with Gasteiger partial charge in [-0.3, -0.25) is 14.9 Å². The Labute approximate surface area is 199 Å². The fourth-order valence-electron chi connectivity index (χ4n) is 7.10. The molecule has 178 valence electrons. The van der Waals surface area contributed by atoms with Gasteiger partial charge in [0.1, 0.15) is 6.61 Å². The lowest BCUT2D eigenvalue weighted by molar-refractivity contribution is -0.384. The molecular weight excluding hydrogens is 432 g/mol. The molecule has 0 radical (unpaired) electrons. The third-order valence-corrected chi connectivity index (χ3v) is 8.33. The molecule has 2 aromatic rings. The van der Waals surface area contributed by atoms with Gasteiger partial charge >= 0.3 is 5.97 Å². The zero-order valence-corrected chi connectivity index (χ0v) is 19.2. The Morgan fingerprint density at radius 1 is 0.941 bits per heavy atom. The van der Waals surface area contributed by atoms with Crippen molar-refractivity contribution >= 4 is 17.6 Å². The summed E-state index contributed by atoms with van der Waals surface area (Å²) in [6.07, 6.45) is 6.74. The Morgan fingerprint density at radius 3 is 2.15 bits per heavy atom. The molecule has 1 N–H and O–H groups in total. The molecule has 7 heteroatoms. The first-order valence-corrected chi connectivity index (χ1v) is 12.2. The van der Waals surface area contributed by atoms with E-state index in [1.54, 1.807) is 0 Å². The topological polar surface area (TPSA) is 98.5 Å². The number of hydrogen-bond acceptors (Lipinski definition) is 5. The highest BCUT2D eigenvalue weighted by Gasteiger charge is 2.58. The number of carbonyl (C=O) groups is 2. The van der Waals surface area contributed by atoms with Crippen LogP contribution >= 0.6 is 0 Å². The monoisotopic (exact) mass is 462 g/mol. The molecule has 4 aliphatic rings. The predicted octanol–water partition coefficient (Wildman–Crippen LogP) is 4.65. The maximum atomic E-state index is 13.1. The Balaban J connectivity index is 1.19. The third-order valence-electron chi connectivity index (χ3n) is 8.33. The molecule has 4 bridgehead atoms. The van der Waals surface area contributed by atoms with Gasteiger partial charge in [-0.1, -0.05) is 30.3 Å². The first-order chi connectivity index (χ1) is 16.5. The Morgan fingerprint density at radius 2 is 1.56 bits per heavy atom. The van der Waals surface area contributed by atoms with Gasteiger partial charge in [-0.2, -0.15) is 0 Å². The molecule has 0 unspecified atom stereocenters. The van der Waals surface area contributed by atoms with Gasteiger partial charge in [0.05, 0.1) is 17.0 Å². The summed E-state index contributed by atoms with van der Waals surface area (Å²) in [5.41, 5.74) is 1.35. The van der Waals surface area contributed by atoms with Crippen LogP contribution in [0.15, 0.2) is 54.6 Å². The number of nitro groups is 1. The van der Waals surface area contributed by atoms with Gasteiger partial charge in [-0.15, -0.1) is 0 Å². The average Bonchev–Trinajstić information content (AvgIpc) is 2.84. The molecule has 0 saturated heterocycles. The highest BCUT2D eigenvalue weighted by Crippen LogP contribution is 2.64. The zero-order chi connectivity index (χ0) is 23.7. The van der Waals surface area contributed by atoms with Crippen LogP contribution < -0.4 is 5.32 Å². The maximum absolute atomic E-state index is 13.1. The van der Waals surface area contributed by atoms with Crippen molar-refractivity contribution in [2.45, 2.75) is 43.9 Å². The van der Waals surface area contributed by atoms with Crippen molar-refractivity contribution in [3.8, 4) is 0 Å². The molecule has 0 heterocycles. The lowest BCUT2D eigenvalue weighted by Crippen LogP contribution is -2.57. The van der Waals surface area contributed by atoms with Crippen LogP contribution in [0, 0.1) is 33.8 Å². The van der Waals surface area contributed by atoms with E-state index in [0.29, 0.717) is 18.3 Å². The second kappa shape index (κ2) is 9.20. The zero-order valence-electron chi connectivity index (χ0n) is 19.2. The summed E-state index contributed by atoms with van der Waals surface area (Å²) < 4.78 is 5.25. The molecule has 1 amide bonds. The molecule has 4 aliphatic carbocycles. The van der Waals surface area contributed by atoms with Crippen molar-refractivity contribution in [2.24, 2.45) is 23.7 Å². The van der Waals surface area contributed by atoms with Crippen LogP contribution in [0.4, 0.5) is 5.69 Å². The van der Waals surface area contributed by atoms with E-state index in [1.807, 2.05) is 6.07 Å². The van der Waals surface area contributed by atoms with Gasteiger partial charge in [0.15, 0.2) is 0 Å². The lowest BCUT2D eigenvalue weighted by atomic mass is 9.43. The van der Waals surface area contributed by atoms with Crippen LogP contribution in [0.5, 0.6) is 0 Å². The van der Waals surface area contributed by atoms with Crippen LogP contribution in [0.25, 0.3) is 0 Å². The normalized spacial score (nSPS) is 28.9. The minimum atomic E-state index is -0.564. The SMILES string of the molecule is O=C(CC1(c2ccccc2)C2CC3CC(C2)CC1C3)NCCOC(=O)c1ccc([N+](=O)[O-])cc1. The van der Waals surface area contributed by atoms with Crippen molar-refractivity contribution in [3.63, 3.8) is 0 Å². The van der Waals surface area contributed by atoms with E-state index in [0.717, 1.165) is 11.8 Å². The van der Waals surface area contributed by atoms with E-state index in [2.05, 4.69) is 29.6 Å². The maximum Gasteiger partial charge on any atom is 0.338 e. The van der Waals surface area contributed by atoms with Gasteiger partial charge in [0.25, 0.3) is 5.69 Å². The Hall–Kier alpha value is -3.22. The standard InChI is InChI=1S/C27H30N2O5/c30-25(28-10-11-34-26(31)20-6-8-24(9-7-20)29(32)33)17-27(21-4-2-1-3-5-21)22-13-18-12-19(15-22)16-23(27)14-18/h1-9,18-19,22-23H,10-17H2,(H,28,30). The van der Waals surface area contributed by atoms with Gasteiger partial charge in [0, 0.05) is 24.0 Å². The largest absolute Gasteiger partial charge is 0.460 e. The number of nitrogens with zero attached hydrogens (tertiary/aromatic N) is 1. The summed E-state index contributed by atoms with van der Waals surface area (Å²) in [5, 5.41) is 13.7. The Bertz CT molecular complexity index is 1040. The van der Waals surface area contributed by atoms with Crippen LogP contribution in [0.1, 0.15) is 54.4 Å². The lowest BCUT2D eigenvalue weighted by Gasteiger charge is -2.61. The molecule has 34 heavy (non-hydrogen) atoms. The van der Waals surface area contributed by atoms with E-state index in [4.69, 9.17) is 4.74 Å². The highest BCUT2D eigenvalue weighted by molar-refractivity contribution is 5.89. The number of rotatable bonds is 8. The molecule has 0 aromatic heterocycles. The molecule has 6 rings (SSSR count). The minimum Gasteiger partial charge on any atom is -0.460 e. The highest BCUT2D eigenvalue weighted by atomic mass is 16.6. The van der Waals surface area contributed by atoms with Crippen molar-refractivity contribution in [3.05, 3.63) is 75.8 Å². The summed E-state index contributed by atoms with van der Waals surface area (Å²) >= 11 is 0. The smallest absolute Gasteiger partial charge is 0.338 e. The fraction of sp³-hybridized carbons (Fsp3) is 0.481. The second-order valence-electron chi connectivity index (χ2n) is 10.2. The third kappa shape index (κ3) is 4.19. The van der Waals surface area contributed by atoms with E-state index < -0.39 is 10.9 Å². The number of carbonyl (C=O) groups excluding carboxylic acids is 2. The summed E-state index contributed by atoms with van der Waals surface area (Å²) in [6.45, 7) is 0.292. The van der Waals surface area contributed by atoms with Crippen LogP contribution in [0.2, 0.25) is 0 Å². The number of non-ortho nitro benzene ring substituents is 1. The van der Waals surface area contributed by atoms with Gasteiger partial charge in [-0.05, 0) is 73.5 Å². The van der Waals surface area contributed by atoms with E-state index in [-0.39, 0.29) is 35.7 Å². The van der Waals surface area contributed by atoms with Gasteiger partial charge < -0.3 is 10.1 Å². The number of amides is 1. The molecular formula is C27H30N2O5. The van der Waals surface area contributed by atoms with Crippen molar-refractivity contribution in [1.82, 2.24) is 5.32 Å². The van der Waals surface area contributed by atoms with E-state index in [9.17, 15) is 19.7 Å². The Kier molecular flexibility index (Phi) is 6.11. The molecule has 0 aliphatic heterocycles. The first-order valence-electron chi connectivity index (χ1n) is 12.2. The number of benzene rings is 2. The summed E-state index contributed by atoms with van der Waals surface area (Å²) in [5.74, 6) is 2.19. The van der Waals surface area contributed by atoms with Crippen LogP contribution in [-0.2, 0) is 14.9 Å². The second-order valence-corrected chi connectivity index (χ2v) is 10.2. The molecule has 0 atom stereocenters. The van der Waals surface area contributed by atoms with Crippen molar-refractivity contribution in [1.29, 1.82) is 0 Å². The number of nitro benzene ring substituents is 1. The quantitative estimate of drug-likeness (QED) is 0.266. The first kappa shape index (κ1) is 22.6. The molecule has 4 saturated carbocycles. The summed E-state index contributed by atoms with van der Waals surface area (Å²) in [4.78, 5) is 35.5. The number of ether oxygens (including phenoxy) is 1. The van der Waals surface area contributed by atoms with E-state index in [1.165, 1.54) is 61.9 Å². The molecule has 4 fully saturated rings. The van der Waals surface area contributed by atoms with Gasteiger partial charge in [0.2, 0.25) is 5.91 Å². The van der Waals surface area contributed by atoms with Gasteiger partial charge in [-0.25, -0.2) is 4.79 Å². The molecule has 0 spiro atoms. The predicted molar refractivity (Wildman–Crippen MR) is 126 cm³/mol. The van der Waals surface area contributed by atoms with Crippen LogP contribution in [-0.4, -0.2) is 30.0 Å². The number of nitrogens with one attached hydrogen (secondary N) is 1. The fourth-order valence-corrected chi connectivity index (χ4v) is 7.10. The molecule has 2 aromatic carbocycles. The number of esters is 1. The van der Waals surface area contributed by atoms with Crippen LogP contribution in [0.3, 0.4) is 0 Å². The van der Waals surface area contributed by atoms with Crippen molar-refractivity contribution < 1.29 is 19.2 Å². The molecule has 7 nitrogen and oxygen atoms in total.